The normalized spacial score (nSPS) is 15.1. The Labute approximate surface area is 189 Å². The third kappa shape index (κ3) is 4.94. The van der Waals surface area contributed by atoms with Crippen LogP contribution in [0.15, 0.2) is 60.7 Å². The van der Waals surface area contributed by atoms with Crippen molar-refractivity contribution in [3.63, 3.8) is 0 Å². The van der Waals surface area contributed by atoms with Crippen LogP contribution < -0.4 is 10.1 Å². The van der Waals surface area contributed by atoms with Crippen LogP contribution in [-0.4, -0.2) is 35.8 Å². The van der Waals surface area contributed by atoms with E-state index in [0.717, 1.165) is 22.9 Å². The zero-order valence-electron chi connectivity index (χ0n) is 18.1. The molecule has 1 fully saturated rings. The Morgan fingerprint density at radius 2 is 1.76 bits per heavy atom. The van der Waals surface area contributed by atoms with Gasteiger partial charge >= 0.3 is 6.18 Å². The van der Waals surface area contributed by atoms with Crippen molar-refractivity contribution in [2.24, 2.45) is 5.92 Å². The minimum absolute atomic E-state index is 0.0358. The molecule has 1 atom stereocenters. The van der Waals surface area contributed by atoms with Gasteiger partial charge in [0.05, 0.1) is 5.56 Å². The van der Waals surface area contributed by atoms with Crippen molar-refractivity contribution in [3.8, 4) is 11.5 Å². The Balaban J connectivity index is 1.46. The van der Waals surface area contributed by atoms with Crippen molar-refractivity contribution in [1.29, 1.82) is 0 Å². The van der Waals surface area contributed by atoms with Gasteiger partial charge in [-0.2, -0.15) is 13.2 Å². The number of likely N-dealkylation sites (tertiary alicyclic amines) is 1. The minimum atomic E-state index is -4.40. The summed E-state index contributed by atoms with van der Waals surface area (Å²) in [5.41, 5.74) is -0.252. The van der Waals surface area contributed by atoms with Gasteiger partial charge in [-0.15, -0.1) is 0 Å². The van der Waals surface area contributed by atoms with E-state index in [4.69, 9.17) is 4.74 Å². The number of amides is 2. The van der Waals surface area contributed by atoms with E-state index in [1.807, 2.05) is 13.0 Å². The smallest absolute Gasteiger partial charge is 0.416 e. The minimum Gasteiger partial charge on any atom is -0.457 e. The van der Waals surface area contributed by atoms with Crippen molar-refractivity contribution in [1.82, 2.24) is 10.2 Å². The summed E-state index contributed by atoms with van der Waals surface area (Å²) in [4.78, 5) is 25.8. The molecular formula is C25H23F3N2O3. The molecule has 0 aliphatic carbocycles. The summed E-state index contributed by atoms with van der Waals surface area (Å²) >= 11 is 0. The summed E-state index contributed by atoms with van der Waals surface area (Å²) in [7, 11) is 0. The Morgan fingerprint density at radius 3 is 2.39 bits per heavy atom. The summed E-state index contributed by atoms with van der Waals surface area (Å²) < 4.78 is 44.1. The first-order valence-electron chi connectivity index (χ1n) is 10.6. The highest BCUT2D eigenvalue weighted by Gasteiger charge is 2.33. The summed E-state index contributed by atoms with van der Waals surface area (Å²) in [5, 5.41) is 4.50. The van der Waals surface area contributed by atoms with Crippen LogP contribution >= 0.6 is 0 Å². The number of benzene rings is 3. The summed E-state index contributed by atoms with van der Waals surface area (Å²) in [6, 6.07) is 14.9. The maximum atomic E-state index is 12.8. The molecule has 8 heteroatoms. The first kappa shape index (κ1) is 22.6. The van der Waals surface area contributed by atoms with E-state index in [1.165, 1.54) is 19.1 Å². The molecule has 0 saturated carbocycles. The van der Waals surface area contributed by atoms with E-state index in [-0.39, 0.29) is 29.5 Å². The highest BCUT2D eigenvalue weighted by atomic mass is 19.4. The van der Waals surface area contributed by atoms with Crippen LogP contribution in [0.4, 0.5) is 13.2 Å². The van der Waals surface area contributed by atoms with Crippen LogP contribution in [-0.2, 0) is 11.0 Å². The molecule has 0 radical (unpaired) electrons. The fraction of sp³-hybridized carbons (Fsp3) is 0.280. The fourth-order valence-electron chi connectivity index (χ4n) is 3.82. The number of fused-ring (bicyclic) bond motifs is 1. The Morgan fingerprint density at radius 1 is 1.06 bits per heavy atom. The van der Waals surface area contributed by atoms with Crippen molar-refractivity contribution < 1.29 is 27.5 Å². The predicted octanol–water partition coefficient (Wildman–Crippen LogP) is 5.25. The Kier molecular flexibility index (Phi) is 6.01. The number of halogens is 3. The molecule has 1 aliphatic rings. The molecule has 0 spiro atoms. The van der Waals surface area contributed by atoms with Gasteiger partial charge in [0, 0.05) is 42.9 Å². The van der Waals surface area contributed by atoms with Crippen molar-refractivity contribution in [2.75, 3.05) is 13.1 Å². The third-order valence-electron chi connectivity index (χ3n) is 5.93. The first-order chi connectivity index (χ1) is 15.6. The number of ether oxygens (including phenoxy) is 1. The number of hydrogen-bond donors (Lipinski definition) is 1. The van der Waals surface area contributed by atoms with Crippen molar-refractivity contribution in [3.05, 3.63) is 71.8 Å². The molecule has 0 bridgehead atoms. The lowest BCUT2D eigenvalue weighted by Crippen LogP contribution is -2.56. The largest absolute Gasteiger partial charge is 0.457 e. The van der Waals surface area contributed by atoms with Gasteiger partial charge in [0.15, 0.2) is 0 Å². The van der Waals surface area contributed by atoms with Crippen LogP contribution in [0.5, 0.6) is 11.5 Å². The van der Waals surface area contributed by atoms with E-state index in [2.05, 4.69) is 5.32 Å². The summed E-state index contributed by atoms with van der Waals surface area (Å²) in [5.74, 6) is 0.813. The lowest BCUT2D eigenvalue weighted by molar-refractivity contribution is -0.137. The maximum Gasteiger partial charge on any atom is 0.416 e. The summed E-state index contributed by atoms with van der Waals surface area (Å²) in [6.45, 7) is 4.74. The van der Waals surface area contributed by atoms with Gasteiger partial charge in [-0.3, -0.25) is 9.59 Å². The van der Waals surface area contributed by atoms with Gasteiger partial charge in [0.25, 0.3) is 5.91 Å². The van der Waals surface area contributed by atoms with Crippen LogP contribution in [0.1, 0.15) is 29.8 Å². The molecule has 3 aromatic rings. The van der Waals surface area contributed by atoms with Crippen LogP contribution in [0.2, 0.25) is 0 Å². The van der Waals surface area contributed by atoms with Crippen molar-refractivity contribution in [2.45, 2.75) is 26.1 Å². The van der Waals surface area contributed by atoms with Crippen LogP contribution in [0.25, 0.3) is 10.8 Å². The number of carbonyl (C=O) groups excluding carboxylic acids is 2. The average molecular weight is 456 g/mol. The fourth-order valence-corrected chi connectivity index (χ4v) is 3.82. The first-order valence-corrected chi connectivity index (χ1v) is 10.6. The van der Waals surface area contributed by atoms with Gasteiger partial charge in [-0.1, -0.05) is 12.1 Å². The second kappa shape index (κ2) is 8.77. The van der Waals surface area contributed by atoms with Gasteiger partial charge in [-0.05, 0) is 60.8 Å². The number of hydrogen-bond acceptors (Lipinski definition) is 3. The molecule has 5 nitrogen and oxygen atoms in total. The maximum absolute atomic E-state index is 12.8. The zero-order valence-corrected chi connectivity index (χ0v) is 18.1. The molecular weight excluding hydrogens is 433 g/mol. The van der Waals surface area contributed by atoms with Gasteiger partial charge in [-0.25, -0.2) is 0 Å². The van der Waals surface area contributed by atoms with E-state index in [0.29, 0.717) is 24.4 Å². The quantitative estimate of drug-likeness (QED) is 0.571. The number of rotatable bonds is 5. The molecule has 1 saturated heterocycles. The van der Waals surface area contributed by atoms with E-state index < -0.39 is 11.7 Å². The Hall–Kier alpha value is -3.55. The number of alkyl halides is 3. The highest BCUT2D eigenvalue weighted by Crippen LogP contribution is 2.34. The standard InChI is InChI=1S/C25H23F3N2O3/c1-15(19-13-30(14-19)16(2)31)29-24(32)18-6-11-22-17(12-18)4-3-5-23(22)33-21-9-7-20(8-10-21)25(26,27)28/h3-12,15,19H,13-14H2,1-2H3,(H,29,32)/t15-/m1/s1. The van der Waals surface area contributed by atoms with E-state index in [1.54, 1.807) is 35.2 Å². The summed E-state index contributed by atoms with van der Waals surface area (Å²) in [6.07, 6.45) is -4.40. The third-order valence-corrected chi connectivity index (χ3v) is 5.93. The Bertz CT molecular complexity index is 1190. The number of nitrogens with zero attached hydrogens (tertiary/aromatic N) is 1. The molecule has 33 heavy (non-hydrogen) atoms. The number of nitrogens with one attached hydrogen (secondary N) is 1. The lowest BCUT2D eigenvalue weighted by atomic mass is 9.92. The van der Waals surface area contributed by atoms with Gasteiger partial charge in [0.1, 0.15) is 11.5 Å². The van der Waals surface area contributed by atoms with Crippen molar-refractivity contribution >= 4 is 22.6 Å². The molecule has 4 rings (SSSR count). The van der Waals surface area contributed by atoms with Gasteiger partial charge < -0.3 is 15.0 Å². The average Bonchev–Trinajstić information content (AvgIpc) is 2.72. The SMILES string of the molecule is CC(=O)N1CC([C@@H](C)NC(=O)c2ccc3c(Oc4ccc(C(F)(F)F)cc4)cccc3c2)C1. The van der Waals surface area contributed by atoms with Gasteiger partial charge in [0.2, 0.25) is 5.91 Å². The molecule has 1 aliphatic heterocycles. The van der Waals surface area contributed by atoms with E-state index in [9.17, 15) is 22.8 Å². The second-order valence-electron chi connectivity index (χ2n) is 8.26. The zero-order chi connectivity index (χ0) is 23.8. The molecule has 172 valence electrons. The molecule has 3 aromatic carbocycles. The van der Waals surface area contributed by atoms with E-state index >= 15 is 0 Å². The highest BCUT2D eigenvalue weighted by molar-refractivity contribution is 6.00. The molecule has 1 N–H and O–H groups in total. The van der Waals surface area contributed by atoms with Crippen LogP contribution in [0, 0.1) is 5.92 Å². The monoisotopic (exact) mass is 456 g/mol. The predicted molar refractivity (Wildman–Crippen MR) is 118 cm³/mol. The number of carbonyl (C=O) groups is 2. The molecule has 2 amide bonds. The second-order valence-corrected chi connectivity index (χ2v) is 8.26. The van der Waals surface area contributed by atoms with Crippen LogP contribution in [0.3, 0.4) is 0 Å². The lowest BCUT2D eigenvalue weighted by Gasteiger charge is -2.42. The molecule has 0 unspecified atom stereocenters. The molecule has 0 aromatic heterocycles. The topological polar surface area (TPSA) is 58.6 Å². The molecule has 1 heterocycles.